The smallest absolute Gasteiger partial charge is 0.0794 e. The number of nitrogens with zero attached hydrogens (tertiary/aromatic N) is 1. The monoisotopic (exact) mass is 198 g/mol. The third kappa shape index (κ3) is 3.87. The normalized spacial score (nSPS) is 13.5. The van der Waals surface area contributed by atoms with Crippen LogP contribution in [0.15, 0.2) is 10.9 Å². The predicted octanol–water partition coefficient (Wildman–Crippen LogP) is 2.32. The molecule has 1 N–H and O–H groups in total. The lowest BCUT2D eigenvalue weighted by atomic mass is 10.1. The first-order valence-electron chi connectivity index (χ1n) is 4.80. The van der Waals surface area contributed by atoms with Gasteiger partial charge in [-0.1, -0.05) is 13.8 Å². The SMILES string of the molecule is CC(C)C(C)NCCc1cscn1. The van der Waals surface area contributed by atoms with Gasteiger partial charge in [-0.3, -0.25) is 0 Å². The summed E-state index contributed by atoms with van der Waals surface area (Å²) >= 11 is 1.67. The van der Waals surface area contributed by atoms with Crippen LogP contribution in [0.4, 0.5) is 0 Å². The molecule has 1 aromatic heterocycles. The molecule has 3 heteroatoms. The number of nitrogens with one attached hydrogen (secondary N) is 1. The number of thiazole rings is 1. The fourth-order valence-corrected chi connectivity index (χ4v) is 1.62. The second-order valence-electron chi connectivity index (χ2n) is 3.72. The second-order valence-corrected chi connectivity index (χ2v) is 4.44. The summed E-state index contributed by atoms with van der Waals surface area (Å²) in [7, 11) is 0. The average Bonchev–Trinajstić information content (AvgIpc) is 2.56. The van der Waals surface area contributed by atoms with Gasteiger partial charge >= 0.3 is 0 Å². The van der Waals surface area contributed by atoms with Gasteiger partial charge in [0.15, 0.2) is 0 Å². The summed E-state index contributed by atoms with van der Waals surface area (Å²) in [6.45, 7) is 7.73. The van der Waals surface area contributed by atoms with Crippen LogP contribution in [0.3, 0.4) is 0 Å². The molecule has 0 amide bonds. The van der Waals surface area contributed by atoms with Gasteiger partial charge in [0.05, 0.1) is 11.2 Å². The van der Waals surface area contributed by atoms with E-state index in [0.717, 1.165) is 13.0 Å². The molecule has 0 aliphatic carbocycles. The highest BCUT2D eigenvalue weighted by Gasteiger charge is 2.05. The van der Waals surface area contributed by atoms with Gasteiger partial charge in [0, 0.05) is 24.4 Å². The van der Waals surface area contributed by atoms with Crippen LogP contribution in [0.25, 0.3) is 0 Å². The molecule has 1 heterocycles. The molecule has 0 bridgehead atoms. The number of hydrogen-bond donors (Lipinski definition) is 1. The highest BCUT2D eigenvalue weighted by atomic mass is 32.1. The van der Waals surface area contributed by atoms with Gasteiger partial charge in [-0.05, 0) is 12.8 Å². The number of hydrogen-bond acceptors (Lipinski definition) is 3. The minimum Gasteiger partial charge on any atom is -0.314 e. The average molecular weight is 198 g/mol. The maximum absolute atomic E-state index is 4.24. The van der Waals surface area contributed by atoms with Crippen molar-refractivity contribution >= 4 is 11.3 Å². The summed E-state index contributed by atoms with van der Waals surface area (Å²) in [5.41, 5.74) is 3.09. The minimum absolute atomic E-state index is 0.596. The van der Waals surface area contributed by atoms with Gasteiger partial charge in [-0.15, -0.1) is 11.3 Å². The Morgan fingerprint density at radius 1 is 1.46 bits per heavy atom. The van der Waals surface area contributed by atoms with Gasteiger partial charge in [0.2, 0.25) is 0 Å². The van der Waals surface area contributed by atoms with Gasteiger partial charge in [-0.2, -0.15) is 0 Å². The van der Waals surface area contributed by atoms with Gasteiger partial charge in [-0.25, -0.2) is 4.98 Å². The molecular weight excluding hydrogens is 180 g/mol. The summed E-state index contributed by atoms with van der Waals surface area (Å²) in [6.07, 6.45) is 1.04. The molecule has 0 radical (unpaired) electrons. The van der Waals surface area contributed by atoms with E-state index in [1.807, 2.05) is 5.51 Å². The molecule has 1 atom stereocenters. The van der Waals surface area contributed by atoms with Gasteiger partial charge in [0.25, 0.3) is 0 Å². The third-order valence-corrected chi connectivity index (χ3v) is 2.97. The van der Waals surface area contributed by atoms with E-state index in [1.54, 1.807) is 11.3 Å². The summed E-state index contributed by atoms with van der Waals surface area (Å²) in [5.74, 6) is 0.704. The lowest BCUT2D eigenvalue weighted by Gasteiger charge is -2.16. The molecule has 1 aromatic rings. The second kappa shape index (κ2) is 5.35. The molecule has 0 fully saturated rings. The Labute approximate surface area is 84.4 Å². The first kappa shape index (κ1) is 10.7. The first-order valence-corrected chi connectivity index (χ1v) is 5.75. The molecule has 0 spiro atoms. The molecular formula is C10H18N2S. The molecule has 2 nitrogen and oxygen atoms in total. The van der Waals surface area contributed by atoms with Crippen molar-refractivity contribution in [3.8, 4) is 0 Å². The summed E-state index contributed by atoms with van der Waals surface area (Å²) < 4.78 is 0. The summed E-state index contributed by atoms with van der Waals surface area (Å²) in [5, 5.41) is 5.60. The highest BCUT2D eigenvalue weighted by Crippen LogP contribution is 2.02. The zero-order chi connectivity index (χ0) is 9.68. The van der Waals surface area contributed by atoms with E-state index >= 15 is 0 Å². The Balaban J connectivity index is 2.14. The predicted molar refractivity (Wildman–Crippen MR) is 58.1 cm³/mol. The van der Waals surface area contributed by atoms with E-state index in [1.165, 1.54) is 5.69 Å². The molecule has 13 heavy (non-hydrogen) atoms. The standard InChI is InChI=1S/C10H18N2S/c1-8(2)9(3)11-5-4-10-6-13-7-12-10/h6-9,11H,4-5H2,1-3H3. The quantitative estimate of drug-likeness (QED) is 0.785. The van der Waals surface area contributed by atoms with Crippen molar-refractivity contribution in [2.75, 3.05) is 6.54 Å². The molecule has 0 saturated carbocycles. The van der Waals surface area contributed by atoms with E-state index in [-0.39, 0.29) is 0 Å². The van der Waals surface area contributed by atoms with Crippen molar-refractivity contribution in [3.63, 3.8) is 0 Å². The van der Waals surface area contributed by atoms with Crippen LogP contribution in [0, 0.1) is 5.92 Å². The highest BCUT2D eigenvalue weighted by molar-refractivity contribution is 7.07. The van der Waals surface area contributed by atoms with Crippen LogP contribution in [0.2, 0.25) is 0 Å². The van der Waals surface area contributed by atoms with E-state index < -0.39 is 0 Å². The zero-order valence-corrected chi connectivity index (χ0v) is 9.40. The Morgan fingerprint density at radius 2 is 2.23 bits per heavy atom. The zero-order valence-electron chi connectivity index (χ0n) is 8.58. The maximum Gasteiger partial charge on any atom is 0.0794 e. The van der Waals surface area contributed by atoms with E-state index in [4.69, 9.17) is 0 Å². The van der Waals surface area contributed by atoms with E-state index in [9.17, 15) is 0 Å². The topological polar surface area (TPSA) is 24.9 Å². The summed E-state index contributed by atoms with van der Waals surface area (Å²) in [6, 6.07) is 0.596. The van der Waals surface area contributed by atoms with Crippen LogP contribution in [0.1, 0.15) is 26.5 Å². The largest absolute Gasteiger partial charge is 0.314 e. The van der Waals surface area contributed by atoms with Gasteiger partial charge < -0.3 is 5.32 Å². The van der Waals surface area contributed by atoms with Crippen molar-refractivity contribution in [1.29, 1.82) is 0 Å². The minimum atomic E-state index is 0.596. The number of rotatable bonds is 5. The lowest BCUT2D eigenvalue weighted by Crippen LogP contribution is -2.32. The van der Waals surface area contributed by atoms with Crippen molar-refractivity contribution < 1.29 is 0 Å². The molecule has 1 unspecified atom stereocenters. The van der Waals surface area contributed by atoms with Crippen molar-refractivity contribution in [1.82, 2.24) is 10.3 Å². The van der Waals surface area contributed by atoms with Crippen LogP contribution in [-0.2, 0) is 6.42 Å². The fraction of sp³-hybridized carbons (Fsp3) is 0.700. The van der Waals surface area contributed by atoms with Crippen molar-refractivity contribution in [3.05, 3.63) is 16.6 Å². The fourth-order valence-electron chi connectivity index (χ4n) is 1.02. The molecule has 0 saturated heterocycles. The van der Waals surface area contributed by atoms with Crippen molar-refractivity contribution in [2.45, 2.75) is 33.2 Å². The molecule has 0 aliphatic rings. The van der Waals surface area contributed by atoms with Crippen LogP contribution < -0.4 is 5.32 Å². The molecule has 74 valence electrons. The van der Waals surface area contributed by atoms with Crippen LogP contribution in [-0.4, -0.2) is 17.6 Å². The van der Waals surface area contributed by atoms with E-state index in [0.29, 0.717) is 12.0 Å². The van der Waals surface area contributed by atoms with Crippen LogP contribution in [0.5, 0.6) is 0 Å². The molecule has 0 aromatic carbocycles. The Hall–Kier alpha value is -0.410. The molecule has 0 aliphatic heterocycles. The maximum atomic E-state index is 4.24. The number of aromatic nitrogens is 1. The Bertz CT molecular complexity index is 219. The van der Waals surface area contributed by atoms with E-state index in [2.05, 4.69) is 36.5 Å². The Morgan fingerprint density at radius 3 is 2.77 bits per heavy atom. The van der Waals surface area contributed by atoms with Gasteiger partial charge in [0.1, 0.15) is 0 Å². The molecule has 1 rings (SSSR count). The van der Waals surface area contributed by atoms with Crippen molar-refractivity contribution in [2.24, 2.45) is 5.92 Å². The summed E-state index contributed by atoms with van der Waals surface area (Å²) in [4.78, 5) is 4.24. The third-order valence-electron chi connectivity index (χ3n) is 2.33. The lowest BCUT2D eigenvalue weighted by molar-refractivity contribution is 0.429. The van der Waals surface area contributed by atoms with Crippen LogP contribution >= 0.6 is 11.3 Å². The Kier molecular flexibility index (Phi) is 4.39. The first-order chi connectivity index (χ1) is 6.20.